The number of nitriles is 1. The van der Waals surface area contributed by atoms with Crippen molar-refractivity contribution in [2.45, 2.75) is 0 Å². The van der Waals surface area contributed by atoms with Crippen LogP contribution in [0.15, 0.2) is 29.6 Å². The molecule has 0 spiro atoms. The standard InChI is InChI=1S/C16H14Cl2N4O2S/c1-22(9-14(24)21-16-10(7-19)5-6-25-16)8-13(23)20-15-11(17)3-2-4-12(15)18/h2-6H,8-9H2,1H3,(H,20,23)(H,21,24). The van der Waals surface area contributed by atoms with Crippen LogP contribution in [0.4, 0.5) is 10.7 Å². The molecular formula is C16H14Cl2N4O2S. The first kappa shape index (κ1) is 19.2. The van der Waals surface area contributed by atoms with Gasteiger partial charge in [-0.25, -0.2) is 0 Å². The maximum atomic E-state index is 12.1. The molecule has 25 heavy (non-hydrogen) atoms. The summed E-state index contributed by atoms with van der Waals surface area (Å²) in [5.74, 6) is -0.663. The Morgan fingerprint density at radius 3 is 2.36 bits per heavy atom. The number of nitrogens with one attached hydrogen (secondary N) is 2. The lowest BCUT2D eigenvalue weighted by molar-refractivity contribution is -0.119. The van der Waals surface area contributed by atoms with Crippen molar-refractivity contribution in [1.29, 1.82) is 5.26 Å². The molecule has 0 bridgehead atoms. The summed E-state index contributed by atoms with van der Waals surface area (Å²) in [5.41, 5.74) is 0.748. The number of para-hydroxylation sites is 1. The number of hydrogen-bond acceptors (Lipinski definition) is 5. The van der Waals surface area contributed by atoms with E-state index < -0.39 is 0 Å². The second kappa shape index (κ2) is 8.83. The highest BCUT2D eigenvalue weighted by Crippen LogP contribution is 2.29. The number of benzene rings is 1. The lowest BCUT2D eigenvalue weighted by Crippen LogP contribution is -2.36. The van der Waals surface area contributed by atoms with Crippen molar-refractivity contribution in [3.63, 3.8) is 0 Å². The van der Waals surface area contributed by atoms with Crippen LogP contribution >= 0.6 is 34.5 Å². The third-order valence-electron chi connectivity index (χ3n) is 3.09. The quantitative estimate of drug-likeness (QED) is 0.782. The molecule has 0 atom stereocenters. The number of carbonyl (C=O) groups is 2. The van der Waals surface area contributed by atoms with Gasteiger partial charge in [0.15, 0.2) is 0 Å². The minimum atomic E-state index is -0.348. The summed E-state index contributed by atoms with van der Waals surface area (Å²) in [6, 6.07) is 8.54. The summed E-state index contributed by atoms with van der Waals surface area (Å²) in [7, 11) is 1.63. The van der Waals surface area contributed by atoms with Crippen LogP contribution in [0.25, 0.3) is 0 Å². The molecular weight excluding hydrogens is 383 g/mol. The summed E-state index contributed by atoms with van der Waals surface area (Å²) in [6.45, 7) is -0.0308. The number of anilines is 2. The van der Waals surface area contributed by atoms with Gasteiger partial charge in [0.25, 0.3) is 0 Å². The van der Waals surface area contributed by atoms with Crippen LogP contribution in [-0.2, 0) is 9.59 Å². The van der Waals surface area contributed by atoms with Gasteiger partial charge in [-0.05, 0) is 30.6 Å². The summed E-state index contributed by atoms with van der Waals surface area (Å²) in [5, 5.41) is 17.1. The maximum absolute atomic E-state index is 12.1. The van der Waals surface area contributed by atoms with E-state index in [0.717, 1.165) is 0 Å². The minimum absolute atomic E-state index is 0.00750. The van der Waals surface area contributed by atoms with Crippen LogP contribution in [0.5, 0.6) is 0 Å². The molecule has 0 aliphatic carbocycles. The van der Waals surface area contributed by atoms with Gasteiger partial charge in [0.05, 0.1) is 34.4 Å². The van der Waals surface area contributed by atoms with Gasteiger partial charge < -0.3 is 10.6 Å². The van der Waals surface area contributed by atoms with Crippen LogP contribution in [0.3, 0.4) is 0 Å². The fourth-order valence-corrected chi connectivity index (χ4v) is 3.25. The first-order chi connectivity index (χ1) is 11.9. The first-order valence-corrected chi connectivity index (χ1v) is 8.74. The van der Waals surface area contributed by atoms with Crippen LogP contribution in [-0.4, -0.2) is 36.9 Å². The monoisotopic (exact) mass is 396 g/mol. The average Bonchev–Trinajstić information content (AvgIpc) is 2.97. The molecule has 9 heteroatoms. The van der Waals surface area contributed by atoms with E-state index in [4.69, 9.17) is 28.5 Å². The molecule has 0 fully saturated rings. The number of amides is 2. The van der Waals surface area contributed by atoms with Gasteiger partial charge in [-0.3, -0.25) is 14.5 Å². The van der Waals surface area contributed by atoms with Gasteiger partial charge >= 0.3 is 0 Å². The Morgan fingerprint density at radius 2 is 1.76 bits per heavy atom. The molecule has 0 saturated heterocycles. The van der Waals surface area contributed by atoms with Gasteiger partial charge in [-0.15, -0.1) is 11.3 Å². The summed E-state index contributed by atoms with van der Waals surface area (Å²) in [6.07, 6.45) is 0. The van der Waals surface area contributed by atoms with Crippen molar-refractivity contribution in [3.8, 4) is 6.07 Å². The van der Waals surface area contributed by atoms with Crippen molar-refractivity contribution in [1.82, 2.24) is 4.90 Å². The topological polar surface area (TPSA) is 85.2 Å². The number of halogens is 2. The first-order valence-electron chi connectivity index (χ1n) is 7.10. The van der Waals surface area contributed by atoms with Crippen LogP contribution in [0, 0.1) is 11.3 Å². The van der Waals surface area contributed by atoms with Crippen molar-refractivity contribution in [3.05, 3.63) is 45.3 Å². The van der Waals surface area contributed by atoms with Gasteiger partial charge in [0.2, 0.25) is 11.8 Å². The predicted octanol–water partition coefficient (Wildman–Crippen LogP) is 3.44. The zero-order chi connectivity index (χ0) is 18.4. The summed E-state index contributed by atoms with van der Waals surface area (Å²) < 4.78 is 0. The van der Waals surface area contributed by atoms with Crippen molar-refractivity contribution in [2.75, 3.05) is 30.8 Å². The summed E-state index contributed by atoms with van der Waals surface area (Å²) in [4.78, 5) is 25.6. The predicted molar refractivity (Wildman–Crippen MR) is 100 cm³/mol. The zero-order valence-corrected chi connectivity index (χ0v) is 15.5. The van der Waals surface area contributed by atoms with Gasteiger partial charge in [0.1, 0.15) is 11.1 Å². The Kier molecular flexibility index (Phi) is 6.79. The Bertz CT molecular complexity index is 812. The van der Waals surface area contributed by atoms with E-state index in [-0.39, 0.29) is 24.9 Å². The number of carbonyl (C=O) groups excluding carboxylic acids is 2. The van der Waals surface area contributed by atoms with Crippen molar-refractivity contribution >= 4 is 57.0 Å². The fraction of sp³-hybridized carbons (Fsp3) is 0.188. The van der Waals surface area contributed by atoms with Crippen LogP contribution in [0.2, 0.25) is 10.0 Å². The molecule has 0 unspecified atom stereocenters. The highest BCUT2D eigenvalue weighted by molar-refractivity contribution is 7.14. The second-order valence-electron chi connectivity index (χ2n) is 5.14. The number of hydrogen-bond donors (Lipinski definition) is 2. The molecule has 1 aromatic heterocycles. The van der Waals surface area contributed by atoms with E-state index in [1.54, 1.807) is 36.7 Å². The Hall–Kier alpha value is -2.11. The number of nitrogens with zero attached hydrogens (tertiary/aromatic N) is 2. The van der Waals surface area contributed by atoms with E-state index in [1.165, 1.54) is 16.2 Å². The number of likely N-dealkylation sites (N-methyl/N-ethyl adjacent to an activating group) is 1. The second-order valence-corrected chi connectivity index (χ2v) is 6.87. The smallest absolute Gasteiger partial charge is 0.239 e. The molecule has 1 heterocycles. The van der Waals surface area contributed by atoms with E-state index in [9.17, 15) is 9.59 Å². The fourth-order valence-electron chi connectivity index (χ4n) is 2.00. The molecule has 0 saturated carbocycles. The van der Waals surface area contributed by atoms with Crippen LogP contribution in [0.1, 0.15) is 5.56 Å². The minimum Gasteiger partial charge on any atom is -0.322 e. The Morgan fingerprint density at radius 1 is 1.16 bits per heavy atom. The van der Waals surface area contributed by atoms with E-state index in [1.807, 2.05) is 6.07 Å². The van der Waals surface area contributed by atoms with Crippen LogP contribution < -0.4 is 10.6 Å². The van der Waals surface area contributed by atoms with Crippen molar-refractivity contribution in [2.24, 2.45) is 0 Å². The Balaban J connectivity index is 1.87. The molecule has 2 amide bonds. The third-order valence-corrected chi connectivity index (χ3v) is 4.55. The van der Waals surface area contributed by atoms with E-state index in [0.29, 0.717) is 26.3 Å². The molecule has 2 rings (SSSR count). The maximum Gasteiger partial charge on any atom is 0.239 e. The molecule has 0 aliphatic rings. The largest absolute Gasteiger partial charge is 0.322 e. The van der Waals surface area contributed by atoms with Gasteiger partial charge in [-0.2, -0.15) is 5.26 Å². The molecule has 130 valence electrons. The molecule has 6 nitrogen and oxygen atoms in total. The molecule has 2 N–H and O–H groups in total. The summed E-state index contributed by atoms with van der Waals surface area (Å²) >= 11 is 13.3. The normalized spacial score (nSPS) is 10.4. The van der Waals surface area contributed by atoms with Gasteiger partial charge in [0, 0.05) is 0 Å². The molecule has 1 aromatic carbocycles. The number of rotatable bonds is 6. The van der Waals surface area contributed by atoms with Gasteiger partial charge in [-0.1, -0.05) is 29.3 Å². The SMILES string of the molecule is CN(CC(=O)Nc1sccc1C#N)CC(=O)Nc1c(Cl)cccc1Cl. The van der Waals surface area contributed by atoms with E-state index in [2.05, 4.69) is 10.6 Å². The third kappa shape index (κ3) is 5.44. The number of thiophene rings is 1. The zero-order valence-electron chi connectivity index (χ0n) is 13.2. The molecule has 0 aliphatic heterocycles. The Labute approximate surface area is 159 Å². The highest BCUT2D eigenvalue weighted by atomic mass is 35.5. The lowest BCUT2D eigenvalue weighted by atomic mass is 10.3. The van der Waals surface area contributed by atoms with E-state index >= 15 is 0 Å². The average molecular weight is 397 g/mol. The lowest BCUT2D eigenvalue weighted by Gasteiger charge is -2.16. The molecule has 0 radical (unpaired) electrons. The highest BCUT2D eigenvalue weighted by Gasteiger charge is 2.15. The van der Waals surface area contributed by atoms with Crippen molar-refractivity contribution < 1.29 is 9.59 Å². The molecule has 2 aromatic rings.